The highest BCUT2D eigenvalue weighted by molar-refractivity contribution is 5.36. The molecule has 90 valence electrons. The molecule has 1 aromatic heterocycles. The molecule has 0 saturated carbocycles. The maximum atomic E-state index is 9.73. The van der Waals surface area contributed by atoms with Gasteiger partial charge in [-0.3, -0.25) is 0 Å². The minimum atomic E-state index is -0.371. The van der Waals surface area contributed by atoms with Crippen molar-refractivity contribution in [2.75, 3.05) is 0 Å². The van der Waals surface area contributed by atoms with Crippen LogP contribution in [0.5, 0.6) is 0 Å². The molecule has 17 heavy (non-hydrogen) atoms. The average Bonchev–Trinajstić information content (AvgIpc) is 2.68. The molecule has 3 heteroatoms. The van der Waals surface area contributed by atoms with Gasteiger partial charge >= 0.3 is 0 Å². The van der Waals surface area contributed by atoms with Gasteiger partial charge in [-0.15, -0.1) is 0 Å². The Morgan fingerprint density at radius 1 is 1.24 bits per heavy atom. The second-order valence-electron chi connectivity index (χ2n) is 4.35. The van der Waals surface area contributed by atoms with Crippen LogP contribution in [0.1, 0.15) is 36.4 Å². The lowest BCUT2D eigenvalue weighted by Crippen LogP contribution is -2.00. The second-order valence-corrected chi connectivity index (χ2v) is 4.35. The quantitative estimate of drug-likeness (QED) is 0.880. The van der Waals surface area contributed by atoms with Crippen molar-refractivity contribution in [1.29, 1.82) is 0 Å². The number of hydrogen-bond acceptors (Lipinski definition) is 2. The number of benzene rings is 1. The Balaban J connectivity index is 2.32. The van der Waals surface area contributed by atoms with Crippen LogP contribution in [0.25, 0.3) is 5.69 Å². The number of rotatable bonds is 3. The summed E-state index contributed by atoms with van der Waals surface area (Å²) < 4.78 is 1.91. The molecular formula is C14H18N2O. The first-order chi connectivity index (χ1) is 8.11. The van der Waals surface area contributed by atoms with Gasteiger partial charge in [0.05, 0.1) is 17.5 Å². The van der Waals surface area contributed by atoms with Crippen LogP contribution in [-0.4, -0.2) is 14.9 Å². The molecule has 0 amide bonds. The third kappa shape index (κ3) is 2.39. The molecule has 2 aromatic rings. The van der Waals surface area contributed by atoms with E-state index < -0.39 is 0 Å². The molecule has 3 nitrogen and oxygen atoms in total. The number of hydrogen-bond donors (Lipinski definition) is 1. The van der Waals surface area contributed by atoms with Crippen LogP contribution in [0.4, 0.5) is 0 Å². The van der Waals surface area contributed by atoms with E-state index in [0.29, 0.717) is 0 Å². The zero-order valence-electron chi connectivity index (χ0n) is 10.5. The van der Waals surface area contributed by atoms with Gasteiger partial charge in [-0.25, -0.2) is 4.68 Å². The van der Waals surface area contributed by atoms with Crippen molar-refractivity contribution in [3.63, 3.8) is 0 Å². The van der Waals surface area contributed by atoms with Gasteiger partial charge < -0.3 is 5.11 Å². The molecular weight excluding hydrogens is 212 g/mol. The van der Waals surface area contributed by atoms with Crippen molar-refractivity contribution in [1.82, 2.24) is 9.78 Å². The molecule has 0 bridgehead atoms. The lowest BCUT2D eigenvalue weighted by molar-refractivity contribution is 0.173. The summed E-state index contributed by atoms with van der Waals surface area (Å²) in [7, 11) is 0. The summed E-state index contributed by atoms with van der Waals surface area (Å²) in [5.41, 5.74) is 4.12. The fourth-order valence-corrected chi connectivity index (χ4v) is 1.96. The van der Waals surface area contributed by atoms with Gasteiger partial charge in [-0.1, -0.05) is 19.1 Å². The number of aliphatic hydroxyl groups excluding tert-OH is 1. The molecule has 1 heterocycles. The van der Waals surface area contributed by atoms with E-state index in [4.69, 9.17) is 0 Å². The highest BCUT2D eigenvalue weighted by atomic mass is 16.3. The van der Waals surface area contributed by atoms with E-state index in [1.807, 2.05) is 49.7 Å². The standard InChI is InChI=1S/C14H18N2O/c1-4-14(17)12-5-7-13(8-6-12)16-11(3)9-10(2)15-16/h5-9,14,17H,4H2,1-3H3/t14-/m1/s1. The van der Waals surface area contributed by atoms with Crippen LogP contribution in [0, 0.1) is 13.8 Å². The van der Waals surface area contributed by atoms with Gasteiger partial charge in [0.1, 0.15) is 0 Å². The Hall–Kier alpha value is -1.61. The maximum Gasteiger partial charge on any atom is 0.0787 e. The number of nitrogens with zero attached hydrogens (tertiary/aromatic N) is 2. The fraction of sp³-hybridized carbons (Fsp3) is 0.357. The zero-order chi connectivity index (χ0) is 12.4. The molecule has 1 atom stereocenters. The molecule has 0 radical (unpaired) electrons. The Labute approximate surface area is 102 Å². The van der Waals surface area contributed by atoms with Crippen molar-refractivity contribution >= 4 is 0 Å². The summed E-state index contributed by atoms with van der Waals surface area (Å²) in [6.07, 6.45) is 0.365. The van der Waals surface area contributed by atoms with E-state index in [1.54, 1.807) is 0 Å². The van der Waals surface area contributed by atoms with Gasteiger partial charge in [0, 0.05) is 5.69 Å². The van der Waals surface area contributed by atoms with Gasteiger partial charge in [0.2, 0.25) is 0 Å². The molecule has 1 aromatic carbocycles. The van der Waals surface area contributed by atoms with Crippen molar-refractivity contribution < 1.29 is 5.11 Å². The summed E-state index contributed by atoms with van der Waals surface area (Å²) >= 11 is 0. The van der Waals surface area contributed by atoms with Gasteiger partial charge in [0.25, 0.3) is 0 Å². The molecule has 0 aliphatic heterocycles. The molecule has 0 aliphatic carbocycles. The molecule has 2 rings (SSSR count). The fourth-order valence-electron chi connectivity index (χ4n) is 1.96. The summed E-state index contributed by atoms with van der Waals surface area (Å²) in [5, 5.41) is 14.2. The predicted octanol–water partition coefficient (Wildman–Crippen LogP) is 2.93. The van der Waals surface area contributed by atoms with Crippen LogP contribution in [0.2, 0.25) is 0 Å². The zero-order valence-corrected chi connectivity index (χ0v) is 10.5. The maximum absolute atomic E-state index is 9.73. The van der Waals surface area contributed by atoms with Crippen LogP contribution >= 0.6 is 0 Å². The Bertz CT molecular complexity index is 499. The van der Waals surface area contributed by atoms with Crippen molar-refractivity contribution in [3.8, 4) is 5.69 Å². The van der Waals surface area contributed by atoms with Gasteiger partial charge in [-0.2, -0.15) is 5.10 Å². The summed E-state index contributed by atoms with van der Waals surface area (Å²) in [6.45, 7) is 5.99. The lowest BCUT2D eigenvalue weighted by Gasteiger charge is -2.09. The van der Waals surface area contributed by atoms with E-state index in [1.165, 1.54) is 0 Å². The molecule has 0 fully saturated rings. The van der Waals surface area contributed by atoms with E-state index in [9.17, 15) is 5.11 Å². The van der Waals surface area contributed by atoms with E-state index >= 15 is 0 Å². The molecule has 1 N–H and O–H groups in total. The summed E-state index contributed by atoms with van der Waals surface area (Å²) in [6, 6.07) is 9.95. The molecule has 0 unspecified atom stereocenters. The Morgan fingerprint density at radius 2 is 1.88 bits per heavy atom. The van der Waals surface area contributed by atoms with Crippen LogP contribution in [0.3, 0.4) is 0 Å². The normalized spacial score (nSPS) is 12.7. The Morgan fingerprint density at radius 3 is 2.35 bits per heavy atom. The summed E-state index contributed by atoms with van der Waals surface area (Å²) in [5.74, 6) is 0. The first-order valence-electron chi connectivity index (χ1n) is 5.93. The third-order valence-corrected chi connectivity index (χ3v) is 2.92. The number of aliphatic hydroxyl groups is 1. The smallest absolute Gasteiger partial charge is 0.0787 e. The van der Waals surface area contributed by atoms with Gasteiger partial charge in [0.15, 0.2) is 0 Å². The van der Waals surface area contributed by atoms with Crippen molar-refractivity contribution in [2.45, 2.75) is 33.3 Å². The van der Waals surface area contributed by atoms with Crippen molar-refractivity contribution in [2.24, 2.45) is 0 Å². The minimum absolute atomic E-state index is 0.371. The third-order valence-electron chi connectivity index (χ3n) is 2.92. The van der Waals surface area contributed by atoms with Crippen LogP contribution < -0.4 is 0 Å². The molecule has 0 saturated heterocycles. The minimum Gasteiger partial charge on any atom is -0.388 e. The number of aryl methyl sites for hydroxylation is 2. The lowest BCUT2D eigenvalue weighted by atomic mass is 10.1. The van der Waals surface area contributed by atoms with Crippen molar-refractivity contribution in [3.05, 3.63) is 47.3 Å². The molecule has 0 aliphatic rings. The van der Waals surface area contributed by atoms with Gasteiger partial charge in [-0.05, 0) is 44.0 Å². The molecule has 0 spiro atoms. The largest absolute Gasteiger partial charge is 0.388 e. The average molecular weight is 230 g/mol. The van der Waals surface area contributed by atoms with E-state index in [-0.39, 0.29) is 6.10 Å². The monoisotopic (exact) mass is 230 g/mol. The van der Waals surface area contributed by atoms with E-state index in [0.717, 1.165) is 29.1 Å². The topological polar surface area (TPSA) is 38.0 Å². The highest BCUT2D eigenvalue weighted by Gasteiger charge is 2.06. The van der Waals surface area contributed by atoms with Crippen LogP contribution in [-0.2, 0) is 0 Å². The van der Waals surface area contributed by atoms with Crippen LogP contribution in [0.15, 0.2) is 30.3 Å². The SMILES string of the molecule is CC[C@@H](O)c1ccc(-n2nc(C)cc2C)cc1. The predicted molar refractivity (Wildman–Crippen MR) is 68.3 cm³/mol. The first-order valence-corrected chi connectivity index (χ1v) is 5.93. The number of aromatic nitrogens is 2. The highest BCUT2D eigenvalue weighted by Crippen LogP contribution is 2.19. The summed E-state index contributed by atoms with van der Waals surface area (Å²) in [4.78, 5) is 0. The first kappa shape index (κ1) is 11.9. The van der Waals surface area contributed by atoms with E-state index in [2.05, 4.69) is 11.2 Å². The second kappa shape index (κ2) is 4.72. The Kier molecular flexibility index (Phi) is 3.29.